The van der Waals surface area contributed by atoms with Crippen LogP contribution < -0.4 is 10.6 Å². The van der Waals surface area contributed by atoms with Crippen LogP contribution in [0.1, 0.15) is 18.4 Å². The molecule has 18 heavy (non-hydrogen) atoms. The molecular formula is C14H19FN2O. The average molecular weight is 250 g/mol. The van der Waals surface area contributed by atoms with Crippen molar-refractivity contribution in [1.29, 1.82) is 0 Å². The van der Waals surface area contributed by atoms with Crippen molar-refractivity contribution in [3.8, 4) is 0 Å². The van der Waals surface area contributed by atoms with Gasteiger partial charge in [0.15, 0.2) is 0 Å². The van der Waals surface area contributed by atoms with Gasteiger partial charge in [-0.2, -0.15) is 0 Å². The van der Waals surface area contributed by atoms with Crippen molar-refractivity contribution in [2.24, 2.45) is 5.92 Å². The Hall–Kier alpha value is -1.42. The number of halogens is 1. The summed E-state index contributed by atoms with van der Waals surface area (Å²) in [6.07, 6.45) is 2.69. The van der Waals surface area contributed by atoms with E-state index in [1.54, 1.807) is 19.2 Å². The normalized spacial score (nSPS) is 23.7. The number of likely N-dealkylation sites (N-methyl/N-ethyl adjacent to an activating group) is 1. The van der Waals surface area contributed by atoms with Crippen LogP contribution in [0.2, 0.25) is 0 Å². The second kappa shape index (κ2) is 5.96. The molecular weight excluding hydrogens is 231 g/mol. The number of nitrogens with one attached hydrogen (secondary N) is 2. The van der Waals surface area contributed by atoms with Crippen molar-refractivity contribution in [2.75, 3.05) is 13.6 Å². The zero-order chi connectivity index (χ0) is 13.0. The summed E-state index contributed by atoms with van der Waals surface area (Å²) < 4.78 is 13.1. The van der Waals surface area contributed by atoms with Crippen molar-refractivity contribution in [1.82, 2.24) is 10.6 Å². The lowest BCUT2D eigenvalue weighted by molar-refractivity contribution is -0.123. The molecule has 0 bridgehead atoms. The Morgan fingerprint density at radius 1 is 1.56 bits per heavy atom. The van der Waals surface area contributed by atoms with Crippen molar-refractivity contribution in [3.63, 3.8) is 0 Å². The summed E-state index contributed by atoms with van der Waals surface area (Å²) in [7, 11) is 1.65. The zero-order valence-electron chi connectivity index (χ0n) is 10.6. The number of piperidine rings is 1. The molecule has 1 aliphatic heterocycles. The minimum absolute atomic E-state index is 0.0407. The van der Waals surface area contributed by atoms with Gasteiger partial charge in [0.25, 0.3) is 0 Å². The van der Waals surface area contributed by atoms with Crippen molar-refractivity contribution >= 4 is 5.91 Å². The first-order chi connectivity index (χ1) is 8.69. The lowest BCUT2D eigenvalue weighted by Gasteiger charge is -2.29. The van der Waals surface area contributed by atoms with Gasteiger partial charge in [0, 0.05) is 7.05 Å². The topological polar surface area (TPSA) is 41.1 Å². The molecule has 1 amide bonds. The van der Waals surface area contributed by atoms with Crippen LogP contribution in [0.4, 0.5) is 4.39 Å². The van der Waals surface area contributed by atoms with Crippen LogP contribution in [0, 0.1) is 11.7 Å². The molecule has 2 rings (SSSR count). The number of carbonyl (C=O) groups is 1. The van der Waals surface area contributed by atoms with E-state index in [0.29, 0.717) is 5.92 Å². The largest absolute Gasteiger partial charge is 0.358 e. The third-order valence-corrected chi connectivity index (χ3v) is 3.49. The zero-order valence-corrected chi connectivity index (χ0v) is 10.6. The van der Waals surface area contributed by atoms with E-state index in [0.717, 1.165) is 31.4 Å². The fourth-order valence-electron chi connectivity index (χ4n) is 2.55. The summed E-state index contributed by atoms with van der Waals surface area (Å²) in [4.78, 5) is 11.6. The van der Waals surface area contributed by atoms with E-state index in [9.17, 15) is 9.18 Å². The molecule has 1 aromatic carbocycles. The molecule has 0 radical (unpaired) electrons. The summed E-state index contributed by atoms with van der Waals surface area (Å²) in [5.74, 6) is 0.290. The predicted molar refractivity (Wildman–Crippen MR) is 68.7 cm³/mol. The summed E-state index contributed by atoms with van der Waals surface area (Å²) in [6.45, 7) is 0.845. The van der Waals surface area contributed by atoms with Crippen LogP contribution >= 0.6 is 0 Å². The number of hydrogen-bond acceptors (Lipinski definition) is 2. The maximum atomic E-state index is 13.1. The molecule has 3 nitrogen and oxygen atoms in total. The van der Waals surface area contributed by atoms with Gasteiger partial charge in [0.05, 0.1) is 6.04 Å². The molecule has 0 aliphatic carbocycles. The smallest absolute Gasteiger partial charge is 0.236 e. The van der Waals surface area contributed by atoms with Crippen LogP contribution in [0.3, 0.4) is 0 Å². The first-order valence-corrected chi connectivity index (χ1v) is 6.38. The van der Waals surface area contributed by atoms with Gasteiger partial charge in [-0.1, -0.05) is 12.1 Å². The Bertz CT molecular complexity index is 422. The Morgan fingerprint density at radius 3 is 3.11 bits per heavy atom. The van der Waals surface area contributed by atoms with Crippen LogP contribution in [0.5, 0.6) is 0 Å². The summed E-state index contributed by atoms with van der Waals surface area (Å²) >= 11 is 0. The van der Waals surface area contributed by atoms with E-state index in [1.807, 2.05) is 6.07 Å². The predicted octanol–water partition coefficient (Wildman–Crippen LogP) is 1.48. The first kappa shape index (κ1) is 13.0. The van der Waals surface area contributed by atoms with Gasteiger partial charge in [-0.05, 0) is 49.4 Å². The number of benzene rings is 1. The van der Waals surface area contributed by atoms with Crippen LogP contribution in [0.25, 0.3) is 0 Å². The standard InChI is InChI=1S/C14H19FN2O/c1-16-14(18)13-9-11(5-6-17-13)7-10-3-2-4-12(15)8-10/h2-4,8,11,13,17H,5-7,9H2,1H3,(H,16,18). The van der Waals surface area contributed by atoms with E-state index < -0.39 is 0 Å². The van der Waals surface area contributed by atoms with Crippen molar-refractivity contribution < 1.29 is 9.18 Å². The molecule has 2 N–H and O–H groups in total. The molecule has 1 aromatic rings. The molecule has 0 saturated carbocycles. The van der Waals surface area contributed by atoms with E-state index in [1.165, 1.54) is 6.07 Å². The maximum absolute atomic E-state index is 13.1. The second-order valence-electron chi connectivity index (χ2n) is 4.85. The monoisotopic (exact) mass is 250 g/mol. The SMILES string of the molecule is CNC(=O)C1CC(Cc2cccc(F)c2)CCN1. The Kier molecular flexibility index (Phi) is 4.31. The minimum Gasteiger partial charge on any atom is -0.358 e. The fourth-order valence-corrected chi connectivity index (χ4v) is 2.55. The highest BCUT2D eigenvalue weighted by atomic mass is 19.1. The third-order valence-electron chi connectivity index (χ3n) is 3.49. The summed E-state index contributed by atoms with van der Waals surface area (Å²) in [5.41, 5.74) is 1.01. The first-order valence-electron chi connectivity index (χ1n) is 6.38. The molecule has 1 saturated heterocycles. The van der Waals surface area contributed by atoms with E-state index in [2.05, 4.69) is 10.6 Å². The minimum atomic E-state index is -0.190. The summed E-state index contributed by atoms with van der Waals surface area (Å²) in [6, 6.07) is 6.61. The van der Waals surface area contributed by atoms with Crippen LogP contribution in [-0.2, 0) is 11.2 Å². The van der Waals surface area contributed by atoms with E-state index in [-0.39, 0.29) is 17.8 Å². The highest BCUT2D eigenvalue weighted by molar-refractivity contribution is 5.81. The van der Waals surface area contributed by atoms with Crippen molar-refractivity contribution in [2.45, 2.75) is 25.3 Å². The summed E-state index contributed by atoms with van der Waals surface area (Å²) in [5, 5.41) is 5.88. The van der Waals surface area contributed by atoms with Gasteiger partial charge < -0.3 is 10.6 Å². The Labute approximate surface area is 107 Å². The van der Waals surface area contributed by atoms with Gasteiger partial charge in [-0.3, -0.25) is 4.79 Å². The molecule has 0 aromatic heterocycles. The number of hydrogen-bond donors (Lipinski definition) is 2. The molecule has 1 aliphatic rings. The van der Waals surface area contributed by atoms with E-state index in [4.69, 9.17) is 0 Å². The second-order valence-corrected chi connectivity index (χ2v) is 4.85. The van der Waals surface area contributed by atoms with Crippen LogP contribution in [0.15, 0.2) is 24.3 Å². The van der Waals surface area contributed by atoms with Gasteiger partial charge >= 0.3 is 0 Å². The molecule has 4 heteroatoms. The lowest BCUT2D eigenvalue weighted by Crippen LogP contribution is -2.48. The van der Waals surface area contributed by atoms with Gasteiger partial charge in [0.2, 0.25) is 5.91 Å². The molecule has 2 atom stereocenters. The highest BCUT2D eigenvalue weighted by Crippen LogP contribution is 2.21. The molecule has 1 fully saturated rings. The average Bonchev–Trinajstić information content (AvgIpc) is 2.38. The number of carbonyl (C=O) groups excluding carboxylic acids is 1. The van der Waals surface area contributed by atoms with Gasteiger partial charge in [-0.15, -0.1) is 0 Å². The maximum Gasteiger partial charge on any atom is 0.236 e. The number of rotatable bonds is 3. The van der Waals surface area contributed by atoms with Crippen molar-refractivity contribution in [3.05, 3.63) is 35.6 Å². The molecule has 0 spiro atoms. The highest BCUT2D eigenvalue weighted by Gasteiger charge is 2.26. The molecule has 98 valence electrons. The van der Waals surface area contributed by atoms with Gasteiger partial charge in [0.1, 0.15) is 5.82 Å². The number of amides is 1. The Balaban J connectivity index is 1.95. The fraction of sp³-hybridized carbons (Fsp3) is 0.500. The molecule has 1 heterocycles. The van der Waals surface area contributed by atoms with Gasteiger partial charge in [-0.25, -0.2) is 4.39 Å². The quantitative estimate of drug-likeness (QED) is 0.853. The molecule has 2 unspecified atom stereocenters. The van der Waals surface area contributed by atoms with Crippen LogP contribution in [-0.4, -0.2) is 25.5 Å². The van der Waals surface area contributed by atoms with E-state index >= 15 is 0 Å². The lowest BCUT2D eigenvalue weighted by atomic mass is 9.87. The third kappa shape index (κ3) is 3.29. The Morgan fingerprint density at radius 2 is 2.39 bits per heavy atom.